The first-order valence-electron chi connectivity index (χ1n) is 4.68. The molecule has 1 aromatic heterocycles. The average molecular weight is 195 g/mol. The minimum absolute atomic E-state index is 0.0717. The summed E-state index contributed by atoms with van der Waals surface area (Å²) in [4.78, 5) is 0. The van der Waals surface area contributed by atoms with Gasteiger partial charge in [-0.25, -0.2) is 0 Å². The Morgan fingerprint density at radius 3 is 2.71 bits per heavy atom. The van der Waals surface area contributed by atoms with Gasteiger partial charge in [0.25, 0.3) is 0 Å². The highest BCUT2D eigenvalue weighted by Crippen LogP contribution is 2.26. The van der Waals surface area contributed by atoms with Crippen LogP contribution in [0.5, 0.6) is 0 Å². The number of aryl methyl sites for hydroxylation is 1. The predicted molar refractivity (Wildman–Crippen MR) is 52.1 cm³/mol. The first-order chi connectivity index (χ1) is 6.50. The monoisotopic (exact) mass is 195 g/mol. The molecule has 1 unspecified atom stereocenters. The summed E-state index contributed by atoms with van der Waals surface area (Å²) in [6, 6.07) is 0. The minimum atomic E-state index is -0.347. The Kier molecular flexibility index (Phi) is 2.12. The molecule has 0 bridgehead atoms. The normalized spacial score (nSPS) is 25.7. The van der Waals surface area contributed by atoms with Gasteiger partial charge in [-0.1, -0.05) is 5.21 Å². The Morgan fingerprint density at radius 1 is 1.57 bits per heavy atom. The van der Waals surface area contributed by atoms with Gasteiger partial charge in [-0.05, 0) is 20.8 Å². The molecule has 0 spiro atoms. The van der Waals surface area contributed by atoms with Crippen molar-refractivity contribution >= 4 is 12.7 Å². The molecule has 1 aromatic rings. The first-order valence-corrected chi connectivity index (χ1v) is 4.68. The summed E-state index contributed by atoms with van der Waals surface area (Å²) in [6.45, 7) is 6.03. The lowest BCUT2D eigenvalue weighted by Gasteiger charge is -2.21. The summed E-state index contributed by atoms with van der Waals surface area (Å²) in [5.74, 6) is 0. The second-order valence-corrected chi connectivity index (χ2v) is 4.11. The van der Waals surface area contributed by atoms with Gasteiger partial charge < -0.3 is 9.31 Å². The van der Waals surface area contributed by atoms with Crippen molar-refractivity contribution in [3.05, 3.63) is 6.20 Å². The molecule has 0 saturated carbocycles. The van der Waals surface area contributed by atoms with E-state index >= 15 is 0 Å². The fourth-order valence-corrected chi connectivity index (χ4v) is 1.39. The smallest absolute Gasteiger partial charge is 0.401 e. The van der Waals surface area contributed by atoms with E-state index in [-0.39, 0.29) is 18.8 Å². The summed E-state index contributed by atoms with van der Waals surface area (Å²) in [7, 11) is 1.48. The molecule has 0 aromatic carbocycles. The molecule has 6 heteroatoms. The Labute approximate surface area is 83.5 Å². The van der Waals surface area contributed by atoms with Crippen LogP contribution in [0.3, 0.4) is 0 Å². The molecule has 0 aliphatic carbocycles. The molecule has 2 rings (SSSR count). The molecule has 1 aliphatic heterocycles. The van der Waals surface area contributed by atoms with Crippen molar-refractivity contribution < 1.29 is 9.31 Å². The van der Waals surface area contributed by atoms with Crippen molar-refractivity contribution in [3.8, 4) is 0 Å². The van der Waals surface area contributed by atoms with Gasteiger partial charge >= 0.3 is 7.12 Å². The minimum Gasteiger partial charge on any atom is -0.401 e. The first kappa shape index (κ1) is 9.67. The van der Waals surface area contributed by atoms with Crippen LogP contribution in [-0.2, 0) is 16.4 Å². The Bertz CT molecular complexity index is 339. The van der Waals surface area contributed by atoms with E-state index in [1.54, 1.807) is 10.9 Å². The summed E-state index contributed by atoms with van der Waals surface area (Å²) < 4.78 is 13.1. The largest absolute Gasteiger partial charge is 0.515 e. The second-order valence-electron chi connectivity index (χ2n) is 4.11. The molecule has 1 fully saturated rings. The van der Waals surface area contributed by atoms with Crippen LogP contribution in [0.15, 0.2) is 6.20 Å². The van der Waals surface area contributed by atoms with Crippen LogP contribution >= 0.6 is 0 Å². The standard InChI is InChI=1S/C8H14BN3O2/c1-6-8(2,3)14-9(13-6)7-5-10-11-12(7)4/h5-6H,1-4H3. The van der Waals surface area contributed by atoms with Gasteiger partial charge in [-0.2, -0.15) is 0 Å². The van der Waals surface area contributed by atoms with E-state index in [9.17, 15) is 0 Å². The van der Waals surface area contributed by atoms with Gasteiger partial charge in [0.05, 0.1) is 23.5 Å². The Hall–Kier alpha value is -0.875. The van der Waals surface area contributed by atoms with Gasteiger partial charge in [0.15, 0.2) is 0 Å². The molecule has 0 amide bonds. The highest BCUT2D eigenvalue weighted by atomic mass is 16.7. The fourth-order valence-electron chi connectivity index (χ4n) is 1.39. The maximum atomic E-state index is 5.76. The molecule has 76 valence electrons. The second kappa shape index (κ2) is 3.07. The van der Waals surface area contributed by atoms with Crippen molar-refractivity contribution in [2.24, 2.45) is 7.05 Å². The Balaban J connectivity index is 2.21. The highest BCUT2D eigenvalue weighted by Gasteiger charge is 2.45. The summed E-state index contributed by atoms with van der Waals surface area (Å²) >= 11 is 0. The molecule has 1 atom stereocenters. The van der Waals surface area contributed by atoms with E-state index < -0.39 is 0 Å². The molecule has 0 radical (unpaired) electrons. The van der Waals surface area contributed by atoms with E-state index in [0.717, 1.165) is 5.59 Å². The number of hydrogen-bond acceptors (Lipinski definition) is 4. The number of hydrogen-bond donors (Lipinski definition) is 0. The van der Waals surface area contributed by atoms with Crippen LogP contribution in [0.1, 0.15) is 20.8 Å². The van der Waals surface area contributed by atoms with E-state index in [0.29, 0.717) is 0 Å². The van der Waals surface area contributed by atoms with Crippen molar-refractivity contribution in [1.29, 1.82) is 0 Å². The zero-order valence-electron chi connectivity index (χ0n) is 8.89. The van der Waals surface area contributed by atoms with Crippen LogP contribution in [0.4, 0.5) is 0 Å². The van der Waals surface area contributed by atoms with Gasteiger partial charge in [-0.15, -0.1) is 5.10 Å². The summed E-state index contributed by atoms with van der Waals surface area (Å²) in [6.07, 6.45) is 1.74. The zero-order valence-corrected chi connectivity index (χ0v) is 8.89. The molecule has 0 N–H and O–H groups in total. The third-order valence-corrected chi connectivity index (χ3v) is 2.71. The number of nitrogens with zero attached hydrogens (tertiary/aromatic N) is 3. The maximum Gasteiger partial charge on any atom is 0.515 e. The highest BCUT2D eigenvalue weighted by molar-refractivity contribution is 6.61. The summed E-state index contributed by atoms with van der Waals surface area (Å²) in [5.41, 5.74) is 0.594. The summed E-state index contributed by atoms with van der Waals surface area (Å²) in [5, 5.41) is 7.63. The topological polar surface area (TPSA) is 49.2 Å². The van der Waals surface area contributed by atoms with Crippen LogP contribution in [0.25, 0.3) is 0 Å². The van der Waals surface area contributed by atoms with E-state index in [1.165, 1.54) is 0 Å². The van der Waals surface area contributed by atoms with Crippen LogP contribution in [0, 0.1) is 0 Å². The van der Waals surface area contributed by atoms with E-state index in [4.69, 9.17) is 9.31 Å². The molecule has 2 heterocycles. The van der Waals surface area contributed by atoms with Crippen molar-refractivity contribution in [3.63, 3.8) is 0 Å². The lowest BCUT2D eigenvalue weighted by Crippen LogP contribution is -2.38. The van der Waals surface area contributed by atoms with Crippen molar-refractivity contribution in [2.45, 2.75) is 32.5 Å². The van der Waals surface area contributed by atoms with Gasteiger partial charge in [0, 0.05) is 7.05 Å². The number of rotatable bonds is 1. The van der Waals surface area contributed by atoms with Gasteiger partial charge in [0.2, 0.25) is 0 Å². The maximum absolute atomic E-state index is 5.76. The van der Waals surface area contributed by atoms with E-state index in [1.807, 2.05) is 27.8 Å². The molecule has 1 saturated heterocycles. The van der Waals surface area contributed by atoms with Gasteiger partial charge in [-0.3, -0.25) is 4.68 Å². The molecule has 14 heavy (non-hydrogen) atoms. The third kappa shape index (κ3) is 1.44. The predicted octanol–water partition coefficient (Wildman–Crippen LogP) is -0.276. The van der Waals surface area contributed by atoms with Crippen LogP contribution < -0.4 is 5.59 Å². The lowest BCUT2D eigenvalue weighted by atomic mass is 9.85. The zero-order chi connectivity index (χ0) is 10.3. The Morgan fingerprint density at radius 2 is 2.29 bits per heavy atom. The fraction of sp³-hybridized carbons (Fsp3) is 0.750. The quantitative estimate of drug-likeness (QED) is 0.578. The molecule has 5 nitrogen and oxygen atoms in total. The van der Waals surface area contributed by atoms with Gasteiger partial charge in [0.1, 0.15) is 0 Å². The number of aromatic nitrogens is 3. The van der Waals surface area contributed by atoms with Crippen LogP contribution in [0.2, 0.25) is 0 Å². The molecule has 1 aliphatic rings. The SMILES string of the molecule is CC1OB(c2cnnn2C)OC1(C)C. The van der Waals surface area contributed by atoms with Crippen molar-refractivity contribution in [2.75, 3.05) is 0 Å². The van der Waals surface area contributed by atoms with E-state index in [2.05, 4.69) is 10.3 Å². The lowest BCUT2D eigenvalue weighted by molar-refractivity contribution is 0.0842. The molecular weight excluding hydrogens is 181 g/mol. The van der Waals surface area contributed by atoms with Crippen molar-refractivity contribution in [1.82, 2.24) is 15.0 Å². The molecular formula is C8H14BN3O2. The van der Waals surface area contributed by atoms with Crippen LogP contribution in [-0.4, -0.2) is 33.8 Å². The average Bonchev–Trinajstić information content (AvgIpc) is 2.58. The third-order valence-electron chi connectivity index (χ3n) is 2.71.